The maximum absolute atomic E-state index is 12.3. The fraction of sp³-hybridized carbons (Fsp3) is 0.167. The van der Waals surface area contributed by atoms with Gasteiger partial charge in [-0.2, -0.15) is 8.42 Å². The molecule has 0 bridgehead atoms. The van der Waals surface area contributed by atoms with Gasteiger partial charge in [0.15, 0.2) is 0 Å². The lowest BCUT2D eigenvalue weighted by molar-refractivity contribution is 0.0520. The molecule has 26 heavy (non-hydrogen) atoms. The van der Waals surface area contributed by atoms with Crippen LogP contribution in [-0.2, 0) is 14.9 Å². The number of rotatable bonds is 4. The van der Waals surface area contributed by atoms with Crippen LogP contribution in [0.3, 0.4) is 0 Å². The normalized spacial score (nSPS) is 11.7. The van der Waals surface area contributed by atoms with E-state index in [1.807, 2.05) is 0 Å². The molecule has 7 nitrogen and oxygen atoms in total. The molecule has 0 amide bonds. The lowest BCUT2D eigenvalue weighted by atomic mass is 10.00. The summed E-state index contributed by atoms with van der Waals surface area (Å²) >= 11 is 0. The van der Waals surface area contributed by atoms with Gasteiger partial charge in [0.1, 0.15) is 22.0 Å². The van der Waals surface area contributed by atoms with Crippen molar-refractivity contribution in [2.75, 3.05) is 6.61 Å². The Morgan fingerprint density at radius 1 is 1.19 bits per heavy atom. The standard InChI is InChI=1S/C18H16O7S/c1-3-24-18(20)17-10(2)13(5-7-16(17)26(21,22)23)15-9-11-8-12(19)4-6-14(11)25-15/h4-9,19H,3H2,1-2H3,(H,21,22,23). The summed E-state index contributed by atoms with van der Waals surface area (Å²) in [7, 11) is -4.61. The smallest absolute Gasteiger partial charge is 0.339 e. The van der Waals surface area contributed by atoms with Crippen molar-refractivity contribution in [1.29, 1.82) is 0 Å². The SMILES string of the molecule is CCOC(=O)c1c(S(=O)(=O)O)ccc(-c2cc3cc(O)ccc3o2)c1C. The average Bonchev–Trinajstić information content (AvgIpc) is 2.96. The third-order valence-electron chi connectivity index (χ3n) is 3.95. The highest BCUT2D eigenvalue weighted by molar-refractivity contribution is 7.86. The molecule has 3 aromatic rings. The number of hydrogen-bond acceptors (Lipinski definition) is 6. The quantitative estimate of drug-likeness (QED) is 0.529. The number of fused-ring (bicyclic) bond motifs is 1. The number of phenolic OH excluding ortho intramolecular Hbond substituents is 1. The second kappa shape index (κ2) is 6.47. The van der Waals surface area contributed by atoms with E-state index in [-0.39, 0.29) is 17.9 Å². The number of benzene rings is 2. The summed E-state index contributed by atoms with van der Waals surface area (Å²) in [6.45, 7) is 3.19. The fourth-order valence-corrected chi connectivity index (χ4v) is 3.52. The van der Waals surface area contributed by atoms with Gasteiger partial charge in [0.25, 0.3) is 10.1 Å². The van der Waals surface area contributed by atoms with E-state index in [0.717, 1.165) is 6.07 Å². The summed E-state index contributed by atoms with van der Waals surface area (Å²) in [4.78, 5) is 11.7. The molecule has 0 aliphatic carbocycles. The zero-order chi connectivity index (χ0) is 19.1. The first-order valence-electron chi connectivity index (χ1n) is 7.73. The van der Waals surface area contributed by atoms with E-state index in [0.29, 0.717) is 27.9 Å². The van der Waals surface area contributed by atoms with Crippen molar-refractivity contribution in [3.63, 3.8) is 0 Å². The molecule has 2 N–H and O–H groups in total. The second-order valence-electron chi connectivity index (χ2n) is 5.64. The molecule has 0 radical (unpaired) electrons. The van der Waals surface area contributed by atoms with Gasteiger partial charge in [-0.1, -0.05) is 0 Å². The van der Waals surface area contributed by atoms with Crippen molar-refractivity contribution < 1.29 is 32.0 Å². The highest BCUT2D eigenvalue weighted by atomic mass is 32.2. The molecule has 0 unspecified atom stereocenters. The van der Waals surface area contributed by atoms with E-state index in [1.165, 1.54) is 18.2 Å². The van der Waals surface area contributed by atoms with E-state index in [9.17, 15) is 22.9 Å². The Morgan fingerprint density at radius 2 is 1.92 bits per heavy atom. The topological polar surface area (TPSA) is 114 Å². The molecule has 136 valence electrons. The van der Waals surface area contributed by atoms with E-state index < -0.39 is 21.0 Å². The number of hydrogen-bond donors (Lipinski definition) is 2. The predicted molar refractivity (Wildman–Crippen MR) is 93.8 cm³/mol. The molecule has 2 aromatic carbocycles. The minimum absolute atomic E-state index is 0.0529. The molecular weight excluding hydrogens is 360 g/mol. The number of phenols is 1. The number of carbonyl (C=O) groups is 1. The van der Waals surface area contributed by atoms with Crippen LogP contribution < -0.4 is 0 Å². The second-order valence-corrected chi connectivity index (χ2v) is 7.03. The van der Waals surface area contributed by atoms with Crippen LogP contribution in [0.4, 0.5) is 0 Å². The van der Waals surface area contributed by atoms with Crippen molar-refractivity contribution in [3.8, 4) is 17.1 Å². The van der Waals surface area contributed by atoms with Crippen LogP contribution in [0.2, 0.25) is 0 Å². The molecule has 0 spiro atoms. The Balaban J connectivity index is 2.25. The Labute approximate surface area is 149 Å². The monoisotopic (exact) mass is 376 g/mol. The molecule has 8 heteroatoms. The molecule has 0 fully saturated rings. The van der Waals surface area contributed by atoms with Crippen molar-refractivity contribution in [2.24, 2.45) is 0 Å². The molecule has 0 aliphatic heterocycles. The maximum atomic E-state index is 12.3. The Kier molecular flexibility index (Phi) is 4.47. The minimum atomic E-state index is -4.61. The van der Waals surface area contributed by atoms with E-state index in [2.05, 4.69) is 0 Å². The summed E-state index contributed by atoms with van der Waals surface area (Å²) in [5.74, 6) is -0.390. The molecule has 1 aromatic heterocycles. The van der Waals surface area contributed by atoms with E-state index in [1.54, 1.807) is 26.0 Å². The van der Waals surface area contributed by atoms with E-state index in [4.69, 9.17) is 9.15 Å². The Morgan fingerprint density at radius 3 is 2.58 bits per heavy atom. The third-order valence-corrected chi connectivity index (χ3v) is 4.85. The molecule has 0 saturated carbocycles. The van der Waals surface area contributed by atoms with Gasteiger partial charge in [0, 0.05) is 10.9 Å². The van der Waals surface area contributed by atoms with Crippen molar-refractivity contribution >= 4 is 27.1 Å². The van der Waals surface area contributed by atoms with Gasteiger partial charge >= 0.3 is 5.97 Å². The lowest BCUT2D eigenvalue weighted by Crippen LogP contribution is -2.14. The van der Waals surface area contributed by atoms with Crippen LogP contribution >= 0.6 is 0 Å². The zero-order valence-electron chi connectivity index (χ0n) is 14.0. The predicted octanol–water partition coefficient (Wildman–Crippen LogP) is 3.54. The highest BCUT2D eigenvalue weighted by Crippen LogP contribution is 2.35. The molecule has 0 atom stereocenters. The lowest BCUT2D eigenvalue weighted by Gasteiger charge is -2.12. The van der Waals surface area contributed by atoms with Gasteiger partial charge in [0.05, 0.1) is 12.2 Å². The Hall–Kier alpha value is -2.84. The van der Waals surface area contributed by atoms with Gasteiger partial charge < -0.3 is 14.3 Å². The van der Waals surface area contributed by atoms with Gasteiger partial charge in [0.2, 0.25) is 0 Å². The summed E-state index contributed by atoms with van der Waals surface area (Å²) in [5, 5.41) is 10.2. The minimum Gasteiger partial charge on any atom is -0.508 e. The molecule has 1 heterocycles. The van der Waals surface area contributed by atoms with Crippen LogP contribution in [0.15, 0.2) is 45.7 Å². The molecule has 0 aliphatic rings. The number of ether oxygens (including phenoxy) is 1. The van der Waals surface area contributed by atoms with Crippen molar-refractivity contribution in [3.05, 3.63) is 47.5 Å². The summed E-state index contributed by atoms with van der Waals surface area (Å²) < 4.78 is 43.4. The van der Waals surface area contributed by atoms with Crippen LogP contribution in [0.5, 0.6) is 5.75 Å². The molecule has 3 rings (SSSR count). The third kappa shape index (κ3) is 3.16. The highest BCUT2D eigenvalue weighted by Gasteiger charge is 2.26. The Bertz CT molecular complexity index is 1110. The summed E-state index contributed by atoms with van der Waals surface area (Å²) in [5.41, 5.74) is 1.04. The van der Waals surface area contributed by atoms with Crippen LogP contribution in [0.1, 0.15) is 22.8 Å². The van der Waals surface area contributed by atoms with Crippen LogP contribution in [0, 0.1) is 6.92 Å². The number of esters is 1. The first kappa shape index (κ1) is 18.0. The number of furan rings is 1. The molecule has 0 saturated heterocycles. The molecular formula is C18H16O7S. The summed E-state index contributed by atoms with van der Waals surface area (Å²) in [6.07, 6.45) is 0. The average molecular weight is 376 g/mol. The van der Waals surface area contributed by atoms with Crippen molar-refractivity contribution in [1.82, 2.24) is 0 Å². The fourth-order valence-electron chi connectivity index (χ4n) is 2.79. The first-order valence-corrected chi connectivity index (χ1v) is 9.17. The zero-order valence-corrected chi connectivity index (χ0v) is 14.8. The van der Waals surface area contributed by atoms with Crippen molar-refractivity contribution in [2.45, 2.75) is 18.7 Å². The van der Waals surface area contributed by atoms with E-state index >= 15 is 0 Å². The summed E-state index contributed by atoms with van der Waals surface area (Å²) in [6, 6.07) is 8.85. The van der Waals surface area contributed by atoms with Gasteiger partial charge in [-0.3, -0.25) is 4.55 Å². The number of aromatic hydroxyl groups is 1. The number of carbonyl (C=O) groups excluding carboxylic acids is 1. The maximum Gasteiger partial charge on any atom is 0.339 e. The van der Waals surface area contributed by atoms with Crippen LogP contribution in [0.25, 0.3) is 22.3 Å². The van der Waals surface area contributed by atoms with Gasteiger partial charge in [-0.05, 0) is 55.8 Å². The largest absolute Gasteiger partial charge is 0.508 e. The van der Waals surface area contributed by atoms with Crippen LogP contribution in [-0.4, -0.2) is 30.7 Å². The van der Waals surface area contributed by atoms with Gasteiger partial charge in [-0.15, -0.1) is 0 Å². The van der Waals surface area contributed by atoms with Gasteiger partial charge in [-0.25, -0.2) is 4.79 Å². The first-order chi connectivity index (χ1) is 12.2.